The van der Waals surface area contributed by atoms with Crippen LogP contribution in [0.15, 0.2) is 33.2 Å². The molecule has 0 aliphatic carbocycles. The predicted molar refractivity (Wildman–Crippen MR) is 82.5 cm³/mol. The topological polar surface area (TPSA) is 84.0 Å². The van der Waals surface area contributed by atoms with Crippen molar-refractivity contribution in [2.45, 2.75) is 11.1 Å². The van der Waals surface area contributed by atoms with E-state index < -0.39 is 10.0 Å². The molecule has 9 heteroatoms. The molecule has 2 aromatic heterocycles. The lowest BCUT2D eigenvalue weighted by molar-refractivity contribution is 0.585. The number of thiophene rings is 1. The summed E-state index contributed by atoms with van der Waals surface area (Å²) < 4.78 is 27.5. The minimum atomic E-state index is -3.42. The molecule has 0 saturated carbocycles. The number of rotatable bonds is 6. The van der Waals surface area contributed by atoms with E-state index in [0.717, 1.165) is 9.35 Å². The first kappa shape index (κ1) is 15.4. The van der Waals surface area contributed by atoms with E-state index >= 15 is 0 Å². The number of sulfonamides is 1. The Bertz CT molecular complexity index is 670. The summed E-state index contributed by atoms with van der Waals surface area (Å²) in [5, 5.41) is 2.93. The molecular formula is C11H13BrN4O2S2. The first-order chi connectivity index (χ1) is 9.47. The third-order valence-corrected chi connectivity index (χ3v) is 5.66. The summed E-state index contributed by atoms with van der Waals surface area (Å²) >= 11 is 4.49. The molecule has 0 aliphatic rings. The number of hydrogen-bond donors (Lipinski definition) is 2. The van der Waals surface area contributed by atoms with E-state index in [4.69, 9.17) is 0 Å². The van der Waals surface area contributed by atoms with Crippen molar-refractivity contribution in [1.82, 2.24) is 14.7 Å². The molecule has 0 atom stereocenters. The number of aromatic nitrogens is 2. The molecule has 0 bridgehead atoms. The van der Waals surface area contributed by atoms with Crippen LogP contribution in [0.3, 0.4) is 0 Å². The highest BCUT2D eigenvalue weighted by Crippen LogP contribution is 2.19. The van der Waals surface area contributed by atoms with E-state index in [1.165, 1.54) is 11.3 Å². The summed E-state index contributed by atoms with van der Waals surface area (Å²) in [5.74, 6) is 0.458. The van der Waals surface area contributed by atoms with Crippen molar-refractivity contribution in [3.63, 3.8) is 0 Å². The van der Waals surface area contributed by atoms with Crippen molar-refractivity contribution in [3.05, 3.63) is 33.9 Å². The van der Waals surface area contributed by atoms with Gasteiger partial charge in [-0.25, -0.2) is 23.1 Å². The largest absolute Gasteiger partial charge is 0.353 e. The zero-order chi connectivity index (χ0) is 14.6. The monoisotopic (exact) mass is 376 g/mol. The molecule has 0 saturated heterocycles. The minimum Gasteiger partial charge on any atom is -0.353 e. The third kappa shape index (κ3) is 4.23. The number of hydrogen-bond acceptors (Lipinski definition) is 6. The molecule has 6 nitrogen and oxygen atoms in total. The Hall–Kier alpha value is -1.03. The van der Waals surface area contributed by atoms with Gasteiger partial charge in [0.05, 0.1) is 4.47 Å². The van der Waals surface area contributed by atoms with E-state index in [9.17, 15) is 8.42 Å². The van der Waals surface area contributed by atoms with E-state index in [2.05, 4.69) is 35.9 Å². The molecule has 2 N–H and O–H groups in total. The second kappa shape index (κ2) is 6.61. The van der Waals surface area contributed by atoms with E-state index in [1.807, 2.05) is 6.92 Å². The van der Waals surface area contributed by atoms with Gasteiger partial charge < -0.3 is 5.32 Å². The Morgan fingerprint density at radius 3 is 2.55 bits per heavy atom. The van der Waals surface area contributed by atoms with Gasteiger partial charge in [0.2, 0.25) is 16.0 Å². The number of halogens is 1. The summed E-state index contributed by atoms with van der Waals surface area (Å²) in [5.41, 5.74) is 0. The zero-order valence-corrected chi connectivity index (χ0v) is 13.8. The number of nitrogens with one attached hydrogen (secondary N) is 2. The molecule has 2 aromatic rings. The molecular weight excluding hydrogens is 364 g/mol. The lowest BCUT2D eigenvalue weighted by Crippen LogP contribution is -2.28. The number of aryl methyl sites for hydroxylation is 1. The fraction of sp³-hybridized carbons (Fsp3) is 0.273. The van der Waals surface area contributed by atoms with E-state index in [0.29, 0.717) is 16.7 Å². The van der Waals surface area contributed by atoms with Crippen LogP contribution in [0.5, 0.6) is 0 Å². The van der Waals surface area contributed by atoms with Gasteiger partial charge in [-0.15, -0.1) is 11.3 Å². The SMILES string of the molecule is Cc1ccc(S(=O)(=O)NCCNc2ncc(Br)cn2)s1. The van der Waals surface area contributed by atoms with Crippen molar-refractivity contribution >= 4 is 43.2 Å². The van der Waals surface area contributed by atoms with Gasteiger partial charge in [0.1, 0.15) is 4.21 Å². The van der Waals surface area contributed by atoms with Gasteiger partial charge in [-0.1, -0.05) is 0 Å². The highest BCUT2D eigenvalue weighted by molar-refractivity contribution is 9.10. The van der Waals surface area contributed by atoms with Gasteiger partial charge in [-0.3, -0.25) is 0 Å². The van der Waals surface area contributed by atoms with Crippen molar-refractivity contribution in [1.29, 1.82) is 0 Å². The second-order valence-corrected chi connectivity index (χ2v) is 8.11. The summed E-state index contributed by atoms with van der Waals surface area (Å²) in [6, 6.07) is 3.39. The third-order valence-electron chi connectivity index (χ3n) is 2.30. The van der Waals surface area contributed by atoms with Crippen LogP contribution in [0.25, 0.3) is 0 Å². The normalized spacial score (nSPS) is 11.5. The van der Waals surface area contributed by atoms with Gasteiger partial charge in [-0.2, -0.15) is 0 Å². The summed E-state index contributed by atoms with van der Waals surface area (Å²) in [4.78, 5) is 9.02. The van der Waals surface area contributed by atoms with Gasteiger partial charge in [0.15, 0.2) is 0 Å². The Balaban J connectivity index is 1.82. The van der Waals surface area contributed by atoms with Crippen molar-refractivity contribution in [3.8, 4) is 0 Å². The molecule has 20 heavy (non-hydrogen) atoms. The van der Waals surface area contributed by atoms with Crippen LogP contribution in [0, 0.1) is 6.92 Å². The van der Waals surface area contributed by atoms with Crippen LogP contribution in [0.1, 0.15) is 4.88 Å². The quantitative estimate of drug-likeness (QED) is 0.753. The maximum atomic E-state index is 11.9. The lowest BCUT2D eigenvalue weighted by Gasteiger charge is -2.06. The molecule has 0 aliphatic heterocycles. The molecule has 0 radical (unpaired) electrons. The molecule has 0 unspecified atom stereocenters. The first-order valence-electron chi connectivity index (χ1n) is 5.75. The first-order valence-corrected chi connectivity index (χ1v) is 8.84. The van der Waals surface area contributed by atoms with Gasteiger partial charge in [0, 0.05) is 30.4 Å². The van der Waals surface area contributed by atoms with Gasteiger partial charge in [0.25, 0.3) is 0 Å². The number of nitrogens with zero attached hydrogens (tertiary/aromatic N) is 2. The van der Waals surface area contributed by atoms with Crippen LogP contribution < -0.4 is 10.0 Å². The minimum absolute atomic E-state index is 0.263. The Morgan fingerprint density at radius 2 is 1.95 bits per heavy atom. The van der Waals surface area contributed by atoms with Crippen molar-refractivity contribution in [2.75, 3.05) is 18.4 Å². The molecule has 2 heterocycles. The fourth-order valence-corrected chi connectivity index (χ4v) is 3.96. The van der Waals surface area contributed by atoms with Crippen LogP contribution in [0.4, 0.5) is 5.95 Å². The zero-order valence-electron chi connectivity index (χ0n) is 10.6. The summed E-state index contributed by atoms with van der Waals surface area (Å²) in [6.07, 6.45) is 3.24. The summed E-state index contributed by atoms with van der Waals surface area (Å²) in [7, 11) is -3.42. The Kier molecular flexibility index (Phi) is 5.08. The molecule has 2 rings (SSSR count). The fourth-order valence-electron chi connectivity index (χ4n) is 1.39. The van der Waals surface area contributed by atoms with E-state index in [-0.39, 0.29) is 6.54 Å². The standard InChI is InChI=1S/C11H13BrN4O2S2/c1-8-2-3-10(19-8)20(17,18)16-5-4-13-11-14-6-9(12)7-15-11/h2-3,6-7,16H,4-5H2,1H3,(H,13,14,15). The Labute approximate surface area is 129 Å². The lowest BCUT2D eigenvalue weighted by atomic mass is 10.5. The number of anilines is 1. The molecule has 0 amide bonds. The maximum absolute atomic E-state index is 11.9. The Morgan fingerprint density at radius 1 is 1.25 bits per heavy atom. The van der Waals surface area contributed by atoms with Crippen LogP contribution in [-0.2, 0) is 10.0 Å². The highest BCUT2D eigenvalue weighted by atomic mass is 79.9. The molecule has 0 spiro atoms. The van der Waals surface area contributed by atoms with Crippen LogP contribution >= 0.6 is 27.3 Å². The second-order valence-electron chi connectivity index (χ2n) is 3.91. The highest BCUT2D eigenvalue weighted by Gasteiger charge is 2.14. The predicted octanol–water partition coefficient (Wildman–Crippen LogP) is 2.00. The molecule has 108 valence electrons. The average Bonchev–Trinajstić information content (AvgIpc) is 2.84. The maximum Gasteiger partial charge on any atom is 0.250 e. The smallest absolute Gasteiger partial charge is 0.250 e. The molecule has 0 fully saturated rings. The van der Waals surface area contributed by atoms with E-state index in [1.54, 1.807) is 24.5 Å². The van der Waals surface area contributed by atoms with Crippen LogP contribution in [0.2, 0.25) is 0 Å². The van der Waals surface area contributed by atoms with Crippen molar-refractivity contribution in [2.24, 2.45) is 0 Å². The van der Waals surface area contributed by atoms with Crippen LogP contribution in [-0.4, -0.2) is 31.5 Å². The van der Waals surface area contributed by atoms with Crippen molar-refractivity contribution < 1.29 is 8.42 Å². The van der Waals surface area contributed by atoms with Gasteiger partial charge in [-0.05, 0) is 35.0 Å². The molecule has 0 aromatic carbocycles. The summed E-state index contributed by atoms with van der Waals surface area (Å²) in [6.45, 7) is 2.54. The average molecular weight is 377 g/mol. The van der Waals surface area contributed by atoms with Gasteiger partial charge >= 0.3 is 0 Å².